The molecule has 0 saturated heterocycles. The highest BCUT2D eigenvalue weighted by Gasteiger charge is 2.06. The first-order valence-corrected chi connectivity index (χ1v) is 9.53. The van der Waals surface area contributed by atoms with Crippen LogP contribution in [0.5, 0.6) is 5.75 Å². The number of nitrogens with one attached hydrogen (secondary N) is 2. The Balaban J connectivity index is 1.50. The number of nitriles is 1. The Morgan fingerprint density at radius 1 is 1.06 bits per heavy atom. The van der Waals surface area contributed by atoms with Crippen molar-refractivity contribution in [2.45, 2.75) is 0 Å². The predicted octanol–water partition coefficient (Wildman–Crippen LogP) is 3.99. The molecule has 3 rings (SSSR count). The van der Waals surface area contributed by atoms with Crippen molar-refractivity contribution in [3.8, 4) is 11.8 Å². The summed E-state index contributed by atoms with van der Waals surface area (Å²) in [7, 11) is 0. The first kappa shape index (κ1) is 21.6. The first-order valence-electron chi connectivity index (χ1n) is 9.15. The standard InChI is InChI=1S/C23H17ClN4O3/c24-19-8-6-18(7-9-19)23(30)27-20-3-1-2-17(12-20)14-26-28-22(29)15-31-21-10-4-16(13-25)5-11-21/h1-12,14H,15H2,(H,27,30)(H,28,29)/b26-14+. The number of nitrogens with zero attached hydrogens (tertiary/aromatic N) is 2. The fourth-order valence-corrected chi connectivity index (χ4v) is 2.61. The first-order chi connectivity index (χ1) is 15.0. The number of rotatable bonds is 7. The lowest BCUT2D eigenvalue weighted by Crippen LogP contribution is -2.24. The van der Waals surface area contributed by atoms with Gasteiger partial charge in [0, 0.05) is 16.3 Å². The number of hydrogen-bond acceptors (Lipinski definition) is 5. The number of hydrazone groups is 1. The summed E-state index contributed by atoms with van der Waals surface area (Å²) in [6.07, 6.45) is 1.46. The Kier molecular flexibility index (Phi) is 7.35. The third-order valence-electron chi connectivity index (χ3n) is 4.01. The molecule has 3 aromatic rings. The summed E-state index contributed by atoms with van der Waals surface area (Å²) in [5.41, 5.74) is 4.63. The van der Waals surface area contributed by atoms with Gasteiger partial charge in [0.1, 0.15) is 5.75 Å². The summed E-state index contributed by atoms with van der Waals surface area (Å²) in [6.45, 7) is -0.222. The monoisotopic (exact) mass is 432 g/mol. The predicted molar refractivity (Wildman–Crippen MR) is 118 cm³/mol. The van der Waals surface area contributed by atoms with Crippen LogP contribution in [0, 0.1) is 11.3 Å². The minimum absolute atomic E-state index is 0.222. The molecule has 7 nitrogen and oxygen atoms in total. The molecule has 0 spiro atoms. The Labute approximate surface area is 183 Å². The van der Waals surface area contributed by atoms with Gasteiger partial charge in [0.2, 0.25) is 0 Å². The van der Waals surface area contributed by atoms with Gasteiger partial charge in [-0.15, -0.1) is 0 Å². The van der Waals surface area contributed by atoms with Crippen LogP contribution in [0.2, 0.25) is 5.02 Å². The quantitative estimate of drug-likeness (QED) is 0.435. The van der Waals surface area contributed by atoms with Gasteiger partial charge in [-0.05, 0) is 66.2 Å². The van der Waals surface area contributed by atoms with Crippen molar-refractivity contribution in [1.82, 2.24) is 5.43 Å². The summed E-state index contributed by atoms with van der Waals surface area (Å²) < 4.78 is 5.33. The summed E-state index contributed by atoms with van der Waals surface area (Å²) in [6, 6.07) is 22.0. The average Bonchev–Trinajstić information content (AvgIpc) is 2.79. The van der Waals surface area contributed by atoms with Crippen LogP contribution in [-0.2, 0) is 4.79 Å². The molecular formula is C23H17ClN4O3. The molecule has 0 aliphatic rings. The van der Waals surface area contributed by atoms with Crippen molar-refractivity contribution in [3.05, 3.63) is 94.5 Å². The van der Waals surface area contributed by atoms with Crippen LogP contribution >= 0.6 is 11.6 Å². The van der Waals surface area contributed by atoms with Crippen molar-refractivity contribution in [3.63, 3.8) is 0 Å². The minimum atomic E-state index is -0.437. The van der Waals surface area contributed by atoms with Crippen LogP contribution in [-0.4, -0.2) is 24.6 Å². The van der Waals surface area contributed by atoms with Crippen molar-refractivity contribution in [1.29, 1.82) is 5.26 Å². The highest BCUT2D eigenvalue weighted by Crippen LogP contribution is 2.14. The maximum Gasteiger partial charge on any atom is 0.277 e. The Hall–Kier alpha value is -4.15. The van der Waals surface area contributed by atoms with E-state index in [1.54, 1.807) is 72.8 Å². The van der Waals surface area contributed by atoms with Gasteiger partial charge < -0.3 is 10.1 Å². The highest BCUT2D eigenvalue weighted by molar-refractivity contribution is 6.30. The SMILES string of the molecule is N#Cc1ccc(OCC(=O)N/N=C/c2cccc(NC(=O)c3ccc(Cl)cc3)c2)cc1. The van der Waals surface area contributed by atoms with Crippen LogP contribution in [0.1, 0.15) is 21.5 Å². The molecule has 0 aromatic heterocycles. The van der Waals surface area contributed by atoms with Gasteiger partial charge in [-0.25, -0.2) is 5.43 Å². The molecule has 154 valence electrons. The molecule has 3 aromatic carbocycles. The second-order valence-electron chi connectivity index (χ2n) is 6.30. The zero-order chi connectivity index (χ0) is 22.1. The van der Waals surface area contributed by atoms with E-state index in [0.717, 1.165) is 0 Å². The molecule has 2 N–H and O–H groups in total. The van der Waals surface area contributed by atoms with E-state index in [4.69, 9.17) is 21.6 Å². The normalized spacial score (nSPS) is 10.3. The summed E-state index contributed by atoms with van der Waals surface area (Å²) in [4.78, 5) is 24.1. The molecule has 0 atom stereocenters. The third-order valence-corrected chi connectivity index (χ3v) is 4.26. The smallest absolute Gasteiger partial charge is 0.277 e. The molecule has 0 fully saturated rings. The fraction of sp³-hybridized carbons (Fsp3) is 0.0435. The number of benzene rings is 3. The van der Waals surface area contributed by atoms with Gasteiger partial charge in [-0.3, -0.25) is 9.59 Å². The Morgan fingerprint density at radius 2 is 1.81 bits per heavy atom. The second-order valence-corrected chi connectivity index (χ2v) is 6.74. The number of carbonyl (C=O) groups excluding carboxylic acids is 2. The van der Waals surface area contributed by atoms with Gasteiger partial charge >= 0.3 is 0 Å². The summed E-state index contributed by atoms with van der Waals surface area (Å²) >= 11 is 5.84. The van der Waals surface area contributed by atoms with Gasteiger partial charge in [0.15, 0.2) is 6.61 Å². The topological polar surface area (TPSA) is 104 Å². The number of ether oxygens (including phenoxy) is 1. The van der Waals surface area contributed by atoms with Crippen molar-refractivity contribution >= 4 is 35.3 Å². The van der Waals surface area contributed by atoms with Gasteiger partial charge in [-0.1, -0.05) is 23.7 Å². The van der Waals surface area contributed by atoms with Crippen LogP contribution in [0.4, 0.5) is 5.69 Å². The lowest BCUT2D eigenvalue weighted by molar-refractivity contribution is -0.123. The molecule has 0 bridgehead atoms. The van der Waals surface area contributed by atoms with Crippen molar-refractivity contribution < 1.29 is 14.3 Å². The third kappa shape index (κ3) is 6.70. The van der Waals surface area contributed by atoms with E-state index in [-0.39, 0.29) is 12.5 Å². The van der Waals surface area contributed by atoms with Crippen LogP contribution in [0.25, 0.3) is 0 Å². The minimum Gasteiger partial charge on any atom is -0.484 e. The Bertz CT molecular complexity index is 1140. The molecule has 2 amide bonds. The molecule has 0 heterocycles. The number of anilines is 1. The van der Waals surface area contributed by atoms with Crippen molar-refractivity contribution in [2.75, 3.05) is 11.9 Å². The lowest BCUT2D eigenvalue weighted by atomic mass is 10.2. The van der Waals surface area contributed by atoms with Gasteiger partial charge in [-0.2, -0.15) is 10.4 Å². The maximum atomic E-state index is 12.3. The van der Waals surface area contributed by atoms with E-state index in [1.807, 2.05) is 6.07 Å². The molecule has 8 heteroatoms. The van der Waals surface area contributed by atoms with Crippen LogP contribution in [0.3, 0.4) is 0 Å². The number of hydrogen-bond donors (Lipinski definition) is 2. The summed E-state index contributed by atoms with van der Waals surface area (Å²) in [5.74, 6) is -0.228. The van der Waals surface area contributed by atoms with Crippen LogP contribution in [0.15, 0.2) is 77.9 Å². The van der Waals surface area contributed by atoms with Crippen molar-refractivity contribution in [2.24, 2.45) is 5.10 Å². The van der Waals surface area contributed by atoms with E-state index in [9.17, 15) is 9.59 Å². The molecule has 0 radical (unpaired) electrons. The van der Waals surface area contributed by atoms with E-state index < -0.39 is 5.91 Å². The second kappa shape index (κ2) is 10.6. The van der Waals surface area contributed by atoms with Crippen LogP contribution < -0.4 is 15.5 Å². The fourth-order valence-electron chi connectivity index (χ4n) is 2.49. The van der Waals surface area contributed by atoms with E-state index >= 15 is 0 Å². The van der Waals surface area contributed by atoms with Gasteiger partial charge in [0.25, 0.3) is 11.8 Å². The Morgan fingerprint density at radius 3 is 2.52 bits per heavy atom. The summed E-state index contributed by atoms with van der Waals surface area (Å²) in [5, 5.41) is 16.0. The molecule has 0 aliphatic heterocycles. The zero-order valence-electron chi connectivity index (χ0n) is 16.2. The molecule has 0 aliphatic carbocycles. The molecule has 0 saturated carbocycles. The van der Waals surface area contributed by atoms with E-state index in [2.05, 4.69) is 15.8 Å². The van der Waals surface area contributed by atoms with E-state index in [0.29, 0.717) is 33.1 Å². The number of halogens is 1. The lowest BCUT2D eigenvalue weighted by Gasteiger charge is -2.06. The zero-order valence-corrected chi connectivity index (χ0v) is 17.0. The molecule has 0 unspecified atom stereocenters. The van der Waals surface area contributed by atoms with Gasteiger partial charge in [0.05, 0.1) is 17.8 Å². The maximum absolute atomic E-state index is 12.3. The highest BCUT2D eigenvalue weighted by atomic mass is 35.5. The number of carbonyl (C=O) groups is 2. The number of amides is 2. The molecular weight excluding hydrogens is 416 g/mol. The molecule has 31 heavy (non-hydrogen) atoms. The van der Waals surface area contributed by atoms with E-state index in [1.165, 1.54) is 6.21 Å². The largest absolute Gasteiger partial charge is 0.484 e. The average molecular weight is 433 g/mol.